The summed E-state index contributed by atoms with van der Waals surface area (Å²) in [5.41, 5.74) is 1.77. The summed E-state index contributed by atoms with van der Waals surface area (Å²) in [5.74, 6) is 2.77. The van der Waals surface area contributed by atoms with E-state index in [2.05, 4.69) is 5.16 Å². The number of fused-ring (bicyclic) bond motifs is 1. The molecule has 1 aliphatic rings. The second kappa shape index (κ2) is 7.75. The molecule has 0 aliphatic carbocycles. The highest BCUT2D eigenvalue weighted by Gasteiger charge is 2.21. The molecule has 150 valence electrons. The van der Waals surface area contributed by atoms with Gasteiger partial charge in [-0.1, -0.05) is 11.2 Å². The first-order valence-corrected chi connectivity index (χ1v) is 8.92. The number of aromatic nitrogens is 1. The average Bonchev–Trinajstić information content (AvgIpc) is 3.42. The number of benzene rings is 2. The van der Waals surface area contributed by atoms with Crippen molar-refractivity contribution in [1.82, 2.24) is 10.1 Å². The first-order chi connectivity index (χ1) is 14.1. The SMILES string of the molecule is COc1ccc(OC)c(-c2cc(C(=O)N(C)Cc3ccc4c(c3)OCO4)no2)c1. The Morgan fingerprint density at radius 1 is 1.07 bits per heavy atom. The maximum atomic E-state index is 12.8. The van der Waals surface area contributed by atoms with Crippen molar-refractivity contribution in [2.45, 2.75) is 6.54 Å². The van der Waals surface area contributed by atoms with Crippen LogP contribution in [0.15, 0.2) is 47.0 Å². The molecule has 1 aromatic heterocycles. The lowest BCUT2D eigenvalue weighted by Crippen LogP contribution is -2.26. The third-order valence-electron chi connectivity index (χ3n) is 4.60. The molecule has 0 bridgehead atoms. The fourth-order valence-electron chi connectivity index (χ4n) is 3.09. The molecule has 1 amide bonds. The zero-order valence-electron chi connectivity index (χ0n) is 16.3. The van der Waals surface area contributed by atoms with Gasteiger partial charge in [0.05, 0.1) is 19.8 Å². The summed E-state index contributed by atoms with van der Waals surface area (Å²) in [4.78, 5) is 14.4. The minimum absolute atomic E-state index is 0.202. The van der Waals surface area contributed by atoms with Gasteiger partial charge in [0.2, 0.25) is 6.79 Å². The number of ether oxygens (including phenoxy) is 4. The first-order valence-electron chi connectivity index (χ1n) is 8.92. The van der Waals surface area contributed by atoms with E-state index in [1.165, 1.54) is 0 Å². The minimum atomic E-state index is -0.264. The summed E-state index contributed by atoms with van der Waals surface area (Å²) < 4.78 is 26.7. The molecule has 0 radical (unpaired) electrons. The van der Waals surface area contributed by atoms with Crippen LogP contribution in [0.3, 0.4) is 0 Å². The van der Waals surface area contributed by atoms with E-state index < -0.39 is 0 Å². The van der Waals surface area contributed by atoms with Gasteiger partial charge in [-0.05, 0) is 35.9 Å². The van der Waals surface area contributed by atoms with Gasteiger partial charge in [0.1, 0.15) is 11.5 Å². The van der Waals surface area contributed by atoms with Gasteiger partial charge in [0.25, 0.3) is 5.91 Å². The van der Waals surface area contributed by atoms with Crippen molar-refractivity contribution in [3.05, 3.63) is 53.7 Å². The minimum Gasteiger partial charge on any atom is -0.497 e. The highest BCUT2D eigenvalue weighted by atomic mass is 16.7. The Bertz CT molecular complexity index is 1050. The fraction of sp³-hybridized carbons (Fsp3) is 0.238. The van der Waals surface area contributed by atoms with Crippen LogP contribution in [-0.2, 0) is 6.54 Å². The topological polar surface area (TPSA) is 83.3 Å². The summed E-state index contributed by atoms with van der Waals surface area (Å²) in [6.07, 6.45) is 0. The Hall–Kier alpha value is -3.68. The molecule has 1 aliphatic heterocycles. The molecule has 8 heteroatoms. The number of rotatable bonds is 6. The lowest BCUT2D eigenvalue weighted by Gasteiger charge is -2.15. The maximum Gasteiger partial charge on any atom is 0.276 e. The molecule has 0 saturated heterocycles. The quantitative estimate of drug-likeness (QED) is 0.632. The summed E-state index contributed by atoms with van der Waals surface area (Å²) in [6.45, 7) is 0.600. The fourth-order valence-corrected chi connectivity index (χ4v) is 3.09. The van der Waals surface area contributed by atoms with Crippen LogP contribution in [0.4, 0.5) is 0 Å². The second-order valence-corrected chi connectivity index (χ2v) is 6.49. The molecule has 3 aromatic rings. The molecule has 29 heavy (non-hydrogen) atoms. The summed E-state index contributed by atoms with van der Waals surface area (Å²) in [6, 6.07) is 12.5. The van der Waals surface area contributed by atoms with Crippen molar-refractivity contribution in [2.24, 2.45) is 0 Å². The van der Waals surface area contributed by atoms with Gasteiger partial charge in [0, 0.05) is 19.7 Å². The molecule has 0 fully saturated rings. The number of carbonyl (C=O) groups excluding carboxylic acids is 1. The summed E-state index contributed by atoms with van der Waals surface area (Å²) in [7, 11) is 4.84. The molecule has 0 unspecified atom stereocenters. The van der Waals surface area contributed by atoms with E-state index in [9.17, 15) is 4.79 Å². The van der Waals surface area contributed by atoms with Crippen LogP contribution in [0.5, 0.6) is 23.0 Å². The number of hydrogen-bond donors (Lipinski definition) is 0. The lowest BCUT2D eigenvalue weighted by molar-refractivity contribution is 0.0774. The van der Waals surface area contributed by atoms with Gasteiger partial charge in [-0.15, -0.1) is 0 Å². The zero-order chi connectivity index (χ0) is 20.4. The summed E-state index contributed by atoms with van der Waals surface area (Å²) >= 11 is 0. The second-order valence-electron chi connectivity index (χ2n) is 6.49. The smallest absolute Gasteiger partial charge is 0.276 e. The van der Waals surface area contributed by atoms with E-state index in [4.69, 9.17) is 23.5 Å². The Labute approximate surface area is 167 Å². The highest BCUT2D eigenvalue weighted by Crippen LogP contribution is 2.34. The molecule has 0 atom stereocenters. The summed E-state index contributed by atoms with van der Waals surface area (Å²) in [5, 5.41) is 3.94. The van der Waals surface area contributed by atoms with Gasteiger partial charge >= 0.3 is 0 Å². The number of amides is 1. The van der Waals surface area contributed by atoms with E-state index in [0.717, 1.165) is 5.56 Å². The predicted molar refractivity (Wildman–Crippen MR) is 103 cm³/mol. The number of nitrogens with zero attached hydrogens (tertiary/aromatic N) is 2. The van der Waals surface area contributed by atoms with Gasteiger partial charge < -0.3 is 28.4 Å². The Morgan fingerprint density at radius 3 is 2.69 bits per heavy atom. The number of hydrogen-bond acceptors (Lipinski definition) is 7. The van der Waals surface area contributed by atoms with Crippen molar-refractivity contribution < 1.29 is 28.3 Å². The molecule has 8 nitrogen and oxygen atoms in total. The molecule has 0 saturated carbocycles. The standard InChI is InChI=1S/C21H20N2O6/c1-23(11-13-4-6-18-20(8-13)28-12-27-18)21(24)16-10-19(29-22-16)15-9-14(25-2)5-7-17(15)26-3/h4-10H,11-12H2,1-3H3. The molecular formula is C21H20N2O6. The molecule has 4 rings (SSSR count). The highest BCUT2D eigenvalue weighted by molar-refractivity contribution is 5.93. The van der Waals surface area contributed by atoms with Crippen LogP contribution in [0.25, 0.3) is 11.3 Å². The van der Waals surface area contributed by atoms with Crippen LogP contribution < -0.4 is 18.9 Å². The molecule has 2 heterocycles. The Morgan fingerprint density at radius 2 is 1.90 bits per heavy atom. The van der Waals surface area contributed by atoms with Crippen molar-refractivity contribution in [1.29, 1.82) is 0 Å². The Balaban J connectivity index is 1.52. The monoisotopic (exact) mass is 396 g/mol. The van der Waals surface area contributed by atoms with Crippen LogP contribution in [0, 0.1) is 0 Å². The van der Waals surface area contributed by atoms with Crippen LogP contribution in [0.1, 0.15) is 16.1 Å². The van der Waals surface area contributed by atoms with Crippen LogP contribution >= 0.6 is 0 Å². The number of carbonyl (C=O) groups is 1. The molecule has 0 N–H and O–H groups in total. The van der Waals surface area contributed by atoms with E-state index in [1.807, 2.05) is 18.2 Å². The van der Waals surface area contributed by atoms with E-state index in [-0.39, 0.29) is 18.4 Å². The number of methoxy groups -OCH3 is 2. The third-order valence-corrected chi connectivity index (χ3v) is 4.60. The predicted octanol–water partition coefficient (Wildman–Crippen LogP) is 3.36. The molecular weight excluding hydrogens is 376 g/mol. The van der Waals surface area contributed by atoms with Crippen molar-refractivity contribution in [3.63, 3.8) is 0 Å². The van der Waals surface area contributed by atoms with Crippen molar-refractivity contribution >= 4 is 5.91 Å². The Kier molecular flexibility index (Phi) is 4.99. The molecule has 2 aromatic carbocycles. The van der Waals surface area contributed by atoms with Crippen LogP contribution in [-0.4, -0.2) is 44.0 Å². The van der Waals surface area contributed by atoms with Gasteiger partial charge in [0.15, 0.2) is 23.0 Å². The molecule has 0 spiro atoms. The van der Waals surface area contributed by atoms with Crippen molar-refractivity contribution in [3.8, 4) is 34.3 Å². The normalized spacial score (nSPS) is 12.0. The van der Waals surface area contributed by atoms with Gasteiger partial charge in [-0.2, -0.15) is 0 Å². The maximum absolute atomic E-state index is 12.8. The van der Waals surface area contributed by atoms with Crippen LogP contribution in [0.2, 0.25) is 0 Å². The van der Waals surface area contributed by atoms with Crippen molar-refractivity contribution in [2.75, 3.05) is 28.1 Å². The van der Waals surface area contributed by atoms with Gasteiger partial charge in [-0.25, -0.2) is 0 Å². The van der Waals surface area contributed by atoms with E-state index in [0.29, 0.717) is 40.9 Å². The van der Waals surface area contributed by atoms with Gasteiger partial charge in [-0.3, -0.25) is 4.79 Å². The largest absolute Gasteiger partial charge is 0.497 e. The average molecular weight is 396 g/mol. The lowest BCUT2D eigenvalue weighted by atomic mass is 10.1. The third kappa shape index (κ3) is 3.69. The van der Waals surface area contributed by atoms with E-state index in [1.54, 1.807) is 50.4 Å². The van der Waals surface area contributed by atoms with E-state index >= 15 is 0 Å². The zero-order valence-corrected chi connectivity index (χ0v) is 16.3. The first kappa shape index (κ1) is 18.7.